The summed E-state index contributed by atoms with van der Waals surface area (Å²) in [5.74, 6) is -0.413. The van der Waals surface area contributed by atoms with Crippen molar-refractivity contribution < 1.29 is 9.59 Å². The molecule has 30 heavy (non-hydrogen) atoms. The summed E-state index contributed by atoms with van der Waals surface area (Å²) in [7, 11) is 0. The fourth-order valence-electron chi connectivity index (χ4n) is 3.93. The molecule has 1 atom stereocenters. The van der Waals surface area contributed by atoms with Gasteiger partial charge in [0.2, 0.25) is 5.91 Å². The SMILES string of the molecule is Cc1cc(C)cc(NC(=O)[C@@H]2CCCN(C(=O)c3cc(-c4cccnc4)n[nH]3)C2)c1. The summed E-state index contributed by atoms with van der Waals surface area (Å²) in [5, 5.41) is 10.1. The first kappa shape index (κ1) is 19.8. The van der Waals surface area contributed by atoms with E-state index in [0.29, 0.717) is 24.5 Å². The molecule has 1 aliphatic heterocycles. The van der Waals surface area contributed by atoms with Crippen LogP contribution in [-0.2, 0) is 4.79 Å². The van der Waals surface area contributed by atoms with Gasteiger partial charge in [-0.3, -0.25) is 19.7 Å². The number of hydrogen-bond acceptors (Lipinski definition) is 4. The maximum absolute atomic E-state index is 13.0. The van der Waals surface area contributed by atoms with Gasteiger partial charge in [-0.2, -0.15) is 5.10 Å². The van der Waals surface area contributed by atoms with Crippen molar-refractivity contribution in [3.8, 4) is 11.3 Å². The molecule has 1 aromatic carbocycles. The normalized spacial score (nSPS) is 16.3. The number of nitrogens with zero attached hydrogens (tertiary/aromatic N) is 3. The van der Waals surface area contributed by atoms with E-state index >= 15 is 0 Å². The number of aromatic amines is 1. The summed E-state index contributed by atoms with van der Waals surface area (Å²) in [6, 6.07) is 11.4. The fourth-order valence-corrected chi connectivity index (χ4v) is 3.93. The van der Waals surface area contributed by atoms with Crippen molar-refractivity contribution in [1.29, 1.82) is 0 Å². The highest BCUT2D eigenvalue weighted by Gasteiger charge is 2.30. The maximum Gasteiger partial charge on any atom is 0.271 e. The minimum Gasteiger partial charge on any atom is -0.337 e. The van der Waals surface area contributed by atoms with E-state index in [2.05, 4.69) is 26.6 Å². The van der Waals surface area contributed by atoms with Gasteiger partial charge in [-0.25, -0.2) is 0 Å². The van der Waals surface area contributed by atoms with Gasteiger partial charge >= 0.3 is 0 Å². The standard InChI is InChI=1S/C23H25N5O2/c1-15-9-16(2)11-19(10-15)25-22(29)18-6-4-8-28(14-18)23(30)21-12-20(26-27-21)17-5-3-7-24-13-17/h3,5,7,9-13,18H,4,6,8,14H2,1-2H3,(H,25,29)(H,26,27)/t18-/m1/s1. The molecule has 2 aromatic heterocycles. The number of H-pyrrole nitrogens is 1. The zero-order valence-electron chi connectivity index (χ0n) is 17.2. The number of amides is 2. The van der Waals surface area contributed by atoms with Gasteiger partial charge in [-0.15, -0.1) is 0 Å². The van der Waals surface area contributed by atoms with Gasteiger partial charge in [0, 0.05) is 36.7 Å². The molecule has 7 nitrogen and oxygen atoms in total. The third kappa shape index (κ3) is 4.40. The van der Waals surface area contributed by atoms with E-state index in [-0.39, 0.29) is 17.7 Å². The molecule has 3 heterocycles. The summed E-state index contributed by atoms with van der Waals surface area (Å²) < 4.78 is 0. The van der Waals surface area contributed by atoms with E-state index < -0.39 is 0 Å². The van der Waals surface area contributed by atoms with Crippen molar-refractivity contribution in [1.82, 2.24) is 20.1 Å². The number of benzene rings is 1. The van der Waals surface area contributed by atoms with E-state index in [1.54, 1.807) is 23.4 Å². The van der Waals surface area contributed by atoms with E-state index in [4.69, 9.17) is 0 Å². The van der Waals surface area contributed by atoms with Gasteiger partial charge in [0.1, 0.15) is 5.69 Å². The van der Waals surface area contributed by atoms with E-state index in [1.165, 1.54) is 0 Å². The monoisotopic (exact) mass is 403 g/mol. The van der Waals surface area contributed by atoms with Gasteiger partial charge in [0.05, 0.1) is 11.6 Å². The number of carbonyl (C=O) groups excluding carboxylic acids is 2. The van der Waals surface area contributed by atoms with Crippen molar-refractivity contribution >= 4 is 17.5 Å². The Morgan fingerprint density at radius 1 is 1.17 bits per heavy atom. The van der Waals surface area contributed by atoms with Crippen LogP contribution in [0.4, 0.5) is 5.69 Å². The zero-order valence-corrected chi connectivity index (χ0v) is 17.2. The first-order valence-corrected chi connectivity index (χ1v) is 10.1. The number of aryl methyl sites for hydroxylation is 2. The third-order valence-electron chi connectivity index (χ3n) is 5.33. The predicted octanol–water partition coefficient (Wildman–Crippen LogP) is 3.58. The first-order valence-electron chi connectivity index (χ1n) is 10.1. The Morgan fingerprint density at radius 2 is 1.97 bits per heavy atom. The molecule has 1 saturated heterocycles. The molecule has 0 unspecified atom stereocenters. The molecule has 0 saturated carbocycles. The summed E-state index contributed by atoms with van der Waals surface area (Å²) in [6.07, 6.45) is 4.96. The molecule has 154 valence electrons. The Kier molecular flexibility index (Phi) is 5.61. The van der Waals surface area contributed by atoms with Crippen molar-refractivity contribution in [2.24, 2.45) is 5.92 Å². The van der Waals surface area contributed by atoms with Crippen LogP contribution in [0.25, 0.3) is 11.3 Å². The van der Waals surface area contributed by atoms with Gasteiger partial charge in [-0.05, 0) is 68.1 Å². The number of piperidine rings is 1. The van der Waals surface area contributed by atoms with Crippen molar-refractivity contribution in [2.75, 3.05) is 18.4 Å². The summed E-state index contributed by atoms with van der Waals surface area (Å²) in [6.45, 7) is 5.05. The molecule has 4 rings (SSSR count). The van der Waals surface area contributed by atoms with E-state index in [9.17, 15) is 9.59 Å². The molecule has 0 bridgehead atoms. The lowest BCUT2D eigenvalue weighted by atomic mass is 9.96. The van der Waals surface area contributed by atoms with Crippen LogP contribution in [0, 0.1) is 19.8 Å². The Bertz CT molecular complexity index is 1040. The summed E-state index contributed by atoms with van der Waals surface area (Å²) >= 11 is 0. The highest BCUT2D eigenvalue weighted by molar-refractivity contribution is 5.96. The van der Waals surface area contributed by atoms with E-state index in [1.807, 2.05) is 38.1 Å². The van der Waals surface area contributed by atoms with Gasteiger partial charge in [-0.1, -0.05) is 6.07 Å². The molecule has 2 N–H and O–H groups in total. The van der Waals surface area contributed by atoms with Crippen molar-refractivity contribution in [2.45, 2.75) is 26.7 Å². The summed E-state index contributed by atoms with van der Waals surface area (Å²) in [4.78, 5) is 31.6. The Hall–Kier alpha value is -3.48. The second-order valence-electron chi connectivity index (χ2n) is 7.86. The first-order chi connectivity index (χ1) is 14.5. The van der Waals surface area contributed by atoms with Crippen LogP contribution >= 0.6 is 0 Å². The zero-order chi connectivity index (χ0) is 21.1. The Morgan fingerprint density at radius 3 is 2.70 bits per heavy atom. The van der Waals surface area contributed by atoms with Crippen LogP contribution in [0.15, 0.2) is 48.8 Å². The van der Waals surface area contributed by atoms with Crippen molar-refractivity contribution in [3.05, 3.63) is 65.6 Å². The molecule has 0 spiro atoms. The summed E-state index contributed by atoms with van der Waals surface area (Å²) in [5.41, 5.74) is 4.95. The van der Waals surface area contributed by atoms with Crippen LogP contribution in [-0.4, -0.2) is 45.0 Å². The fraction of sp³-hybridized carbons (Fsp3) is 0.304. The largest absolute Gasteiger partial charge is 0.337 e. The average molecular weight is 403 g/mol. The Labute approximate surface area is 175 Å². The quantitative estimate of drug-likeness (QED) is 0.697. The lowest BCUT2D eigenvalue weighted by Gasteiger charge is -2.31. The van der Waals surface area contributed by atoms with Gasteiger partial charge in [0.15, 0.2) is 0 Å². The average Bonchev–Trinajstić information content (AvgIpc) is 3.23. The molecule has 1 fully saturated rings. The van der Waals surface area contributed by atoms with Crippen LogP contribution in [0.1, 0.15) is 34.5 Å². The van der Waals surface area contributed by atoms with Crippen molar-refractivity contribution in [3.63, 3.8) is 0 Å². The van der Waals surface area contributed by atoms with Crippen LogP contribution in [0.3, 0.4) is 0 Å². The Balaban J connectivity index is 1.42. The number of aromatic nitrogens is 3. The molecular formula is C23H25N5O2. The molecule has 0 aliphatic carbocycles. The number of nitrogens with one attached hydrogen (secondary N) is 2. The minimum atomic E-state index is -0.232. The minimum absolute atomic E-state index is 0.0434. The number of likely N-dealkylation sites (tertiary alicyclic amines) is 1. The highest BCUT2D eigenvalue weighted by atomic mass is 16.2. The maximum atomic E-state index is 13.0. The van der Waals surface area contributed by atoms with Crippen LogP contribution < -0.4 is 5.32 Å². The highest BCUT2D eigenvalue weighted by Crippen LogP contribution is 2.23. The number of anilines is 1. The van der Waals surface area contributed by atoms with Gasteiger partial charge < -0.3 is 10.2 Å². The lowest BCUT2D eigenvalue weighted by Crippen LogP contribution is -2.43. The molecule has 0 radical (unpaired) electrons. The third-order valence-corrected chi connectivity index (χ3v) is 5.33. The number of carbonyl (C=O) groups is 2. The second-order valence-corrected chi connectivity index (χ2v) is 7.86. The van der Waals surface area contributed by atoms with Crippen LogP contribution in [0.2, 0.25) is 0 Å². The second kappa shape index (κ2) is 8.49. The van der Waals surface area contributed by atoms with Crippen LogP contribution in [0.5, 0.6) is 0 Å². The number of hydrogen-bond donors (Lipinski definition) is 2. The molecule has 2 amide bonds. The smallest absolute Gasteiger partial charge is 0.271 e. The molecule has 1 aliphatic rings. The molecule has 7 heteroatoms. The van der Waals surface area contributed by atoms with E-state index in [0.717, 1.165) is 35.2 Å². The predicted molar refractivity (Wildman–Crippen MR) is 115 cm³/mol. The topological polar surface area (TPSA) is 91.0 Å². The molecular weight excluding hydrogens is 378 g/mol. The molecule has 3 aromatic rings. The van der Waals surface area contributed by atoms with Gasteiger partial charge in [0.25, 0.3) is 5.91 Å². The number of pyridine rings is 1. The number of rotatable bonds is 4. The lowest BCUT2D eigenvalue weighted by molar-refractivity contribution is -0.121.